The minimum Gasteiger partial charge on any atom is -0.494 e. The molecule has 0 fully saturated rings. The van der Waals surface area contributed by atoms with Gasteiger partial charge in [-0.05, 0) is 42.8 Å². The van der Waals surface area contributed by atoms with E-state index in [2.05, 4.69) is 10.6 Å². The van der Waals surface area contributed by atoms with Gasteiger partial charge in [0.1, 0.15) is 5.75 Å². The smallest absolute Gasteiger partial charge is 0.232 e. The third kappa shape index (κ3) is 3.34. The van der Waals surface area contributed by atoms with Crippen LogP contribution in [-0.4, -0.2) is 18.4 Å². The molecule has 2 amide bonds. The van der Waals surface area contributed by atoms with E-state index in [1.165, 1.54) is 0 Å². The number of para-hydroxylation sites is 1. The zero-order valence-electron chi connectivity index (χ0n) is 12.8. The molecule has 0 aromatic heterocycles. The van der Waals surface area contributed by atoms with E-state index in [9.17, 15) is 9.59 Å². The van der Waals surface area contributed by atoms with Crippen LogP contribution in [0, 0.1) is 0 Å². The average Bonchev–Trinajstić information content (AvgIpc) is 2.56. The Morgan fingerprint density at radius 2 is 1.96 bits per heavy atom. The molecule has 0 radical (unpaired) electrons. The van der Waals surface area contributed by atoms with Crippen molar-refractivity contribution >= 4 is 23.2 Å². The van der Waals surface area contributed by atoms with E-state index in [-0.39, 0.29) is 18.2 Å². The van der Waals surface area contributed by atoms with Crippen LogP contribution >= 0.6 is 0 Å². The molecule has 3 rings (SSSR count). The minimum atomic E-state index is -0.480. The predicted molar refractivity (Wildman–Crippen MR) is 88.7 cm³/mol. The second-order valence-electron chi connectivity index (χ2n) is 5.34. The maximum atomic E-state index is 12.6. The normalized spacial score (nSPS) is 16.2. The standard InChI is InChI=1S/C18H18N2O3/c1-2-23-13-9-7-12(8-10-13)19-18(22)15-11-17(21)20-16-6-4-3-5-14(15)16/h3-10,15H,2,11H2,1H3,(H,19,22)(H,20,21). The molecule has 1 atom stereocenters. The third-order valence-electron chi connectivity index (χ3n) is 3.75. The molecular formula is C18H18N2O3. The Morgan fingerprint density at radius 3 is 2.70 bits per heavy atom. The minimum absolute atomic E-state index is 0.143. The molecule has 5 nitrogen and oxygen atoms in total. The molecule has 2 aromatic rings. The lowest BCUT2D eigenvalue weighted by atomic mass is 9.90. The van der Waals surface area contributed by atoms with Crippen LogP contribution in [0.2, 0.25) is 0 Å². The summed E-state index contributed by atoms with van der Waals surface area (Å²) in [6, 6.07) is 14.6. The summed E-state index contributed by atoms with van der Waals surface area (Å²) in [5.74, 6) is -0.0496. The lowest BCUT2D eigenvalue weighted by Crippen LogP contribution is -2.30. The van der Waals surface area contributed by atoms with E-state index in [1.807, 2.05) is 31.2 Å². The van der Waals surface area contributed by atoms with Crippen LogP contribution in [0.1, 0.15) is 24.8 Å². The monoisotopic (exact) mass is 310 g/mol. The molecular weight excluding hydrogens is 292 g/mol. The van der Waals surface area contributed by atoms with Crippen LogP contribution in [0.5, 0.6) is 5.75 Å². The van der Waals surface area contributed by atoms with Gasteiger partial charge in [0.05, 0.1) is 12.5 Å². The number of anilines is 2. The number of hydrogen-bond donors (Lipinski definition) is 2. The van der Waals surface area contributed by atoms with Gasteiger partial charge in [-0.3, -0.25) is 9.59 Å². The van der Waals surface area contributed by atoms with Gasteiger partial charge in [-0.1, -0.05) is 18.2 Å². The number of ether oxygens (including phenoxy) is 1. The number of hydrogen-bond acceptors (Lipinski definition) is 3. The topological polar surface area (TPSA) is 67.4 Å². The Kier molecular flexibility index (Phi) is 4.28. The Morgan fingerprint density at radius 1 is 1.22 bits per heavy atom. The molecule has 118 valence electrons. The van der Waals surface area contributed by atoms with Gasteiger partial charge < -0.3 is 15.4 Å². The molecule has 1 unspecified atom stereocenters. The first kappa shape index (κ1) is 15.1. The van der Waals surface area contributed by atoms with Gasteiger partial charge in [0.25, 0.3) is 0 Å². The number of rotatable bonds is 4. The molecule has 0 spiro atoms. The van der Waals surface area contributed by atoms with Gasteiger partial charge in [-0.2, -0.15) is 0 Å². The summed E-state index contributed by atoms with van der Waals surface area (Å²) in [4.78, 5) is 24.4. The van der Waals surface area contributed by atoms with E-state index >= 15 is 0 Å². The highest BCUT2D eigenvalue weighted by Crippen LogP contribution is 2.32. The van der Waals surface area contributed by atoms with Crippen LogP contribution < -0.4 is 15.4 Å². The summed E-state index contributed by atoms with van der Waals surface area (Å²) in [6.07, 6.45) is 0.153. The number of carbonyl (C=O) groups excluding carboxylic acids is 2. The lowest BCUT2D eigenvalue weighted by Gasteiger charge is -2.24. The van der Waals surface area contributed by atoms with E-state index in [1.54, 1.807) is 24.3 Å². The molecule has 0 saturated heterocycles. The lowest BCUT2D eigenvalue weighted by molar-refractivity contribution is -0.123. The fourth-order valence-corrected chi connectivity index (χ4v) is 2.68. The fourth-order valence-electron chi connectivity index (χ4n) is 2.68. The van der Waals surface area contributed by atoms with E-state index in [0.717, 1.165) is 11.3 Å². The zero-order chi connectivity index (χ0) is 16.2. The van der Waals surface area contributed by atoms with E-state index in [0.29, 0.717) is 18.0 Å². The Labute approximate surface area is 134 Å². The molecule has 0 saturated carbocycles. The Hall–Kier alpha value is -2.82. The van der Waals surface area contributed by atoms with E-state index < -0.39 is 5.92 Å². The van der Waals surface area contributed by atoms with Crippen molar-refractivity contribution in [2.45, 2.75) is 19.3 Å². The average molecular weight is 310 g/mol. The summed E-state index contributed by atoms with van der Waals surface area (Å²) in [6.45, 7) is 2.51. The second-order valence-corrected chi connectivity index (χ2v) is 5.34. The highest BCUT2D eigenvalue weighted by molar-refractivity contribution is 6.05. The molecule has 1 aliphatic heterocycles. The number of carbonyl (C=O) groups is 2. The fraction of sp³-hybridized carbons (Fsp3) is 0.222. The zero-order valence-corrected chi connectivity index (χ0v) is 12.8. The van der Waals surface area contributed by atoms with Gasteiger partial charge >= 0.3 is 0 Å². The van der Waals surface area contributed by atoms with Crippen LogP contribution in [0.4, 0.5) is 11.4 Å². The van der Waals surface area contributed by atoms with Crippen LogP contribution in [0.15, 0.2) is 48.5 Å². The van der Waals surface area contributed by atoms with Crippen molar-refractivity contribution in [2.24, 2.45) is 0 Å². The van der Waals surface area contributed by atoms with Crippen molar-refractivity contribution in [3.8, 4) is 5.75 Å². The SMILES string of the molecule is CCOc1ccc(NC(=O)C2CC(=O)Nc3ccccc32)cc1. The highest BCUT2D eigenvalue weighted by Gasteiger charge is 2.30. The van der Waals surface area contributed by atoms with Gasteiger partial charge in [0.15, 0.2) is 0 Å². The van der Waals surface area contributed by atoms with Gasteiger partial charge in [0, 0.05) is 17.8 Å². The van der Waals surface area contributed by atoms with Gasteiger partial charge in [0.2, 0.25) is 11.8 Å². The largest absolute Gasteiger partial charge is 0.494 e. The quantitative estimate of drug-likeness (QED) is 0.911. The Bertz CT molecular complexity index is 725. The summed E-state index contributed by atoms with van der Waals surface area (Å²) in [5.41, 5.74) is 2.23. The first-order chi connectivity index (χ1) is 11.2. The molecule has 1 aliphatic rings. The molecule has 2 aromatic carbocycles. The molecule has 5 heteroatoms. The molecule has 23 heavy (non-hydrogen) atoms. The Balaban J connectivity index is 1.77. The van der Waals surface area contributed by atoms with Crippen molar-refractivity contribution in [1.82, 2.24) is 0 Å². The summed E-state index contributed by atoms with van der Waals surface area (Å²) >= 11 is 0. The third-order valence-corrected chi connectivity index (χ3v) is 3.75. The molecule has 0 aliphatic carbocycles. The van der Waals surface area contributed by atoms with Gasteiger partial charge in [-0.15, -0.1) is 0 Å². The molecule has 2 N–H and O–H groups in total. The second kappa shape index (κ2) is 6.52. The highest BCUT2D eigenvalue weighted by atomic mass is 16.5. The van der Waals surface area contributed by atoms with Crippen molar-refractivity contribution in [1.29, 1.82) is 0 Å². The van der Waals surface area contributed by atoms with E-state index in [4.69, 9.17) is 4.74 Å². The predicted octanol–water partition coefficient (Wildman–Crippen LogP) is 3.15. The summed E-state index contributed by atoms with van der Waals surface area (Å²) in [7, 11) is 0. The van der Waals surface area contributed by atoms with Crippen molar-refractivity contribution in [3.05, 3.63) is 54.1 Å². The maximum Gasteiger partial charge on any atom is 0.232 e. The first-order valence-electron chi connectivity index (χ1n) is 7.60. The number of fused-ring (bicyclic) bond motifs is 1. The molecule has 0 bridgehead atoms. The van der Waals surface area contributed by atoms with Crippen molar-refractivity contribution < 1.29 is 14.3 Å². The van der Waals surface area contributed by atoms with Crippen molar-refractivity contribution in [2.75, 3.05) is 17.2 Å². The summed E-state index contributed by atoms with van der Waals surface area (Å²) in [5, 5.41) is 5.66. The first-order valence-corrected chi connectivity index (χ1v) is 7.60. The van der Waals surface area contributed by atoms with Crippen LogP contribution in [-0.2, 0) is 9.59 Å². The van der Waals surface area contributed by atoms with Crippen LogP contribution in [0.3, 0.4) is 0 Å². The maximum absolute atomic E-state index is 12.6. The molecule has 1 heterocycles. The van der Waals surface area contributed by atoms with Gasteiger partial charge in [-0.25, -0.2) is 0 Å². The van der Waals surface area contributed by atoms with Crippen LogP contribution in [0.25, 0.3) is 0 Å². The number of benzene rings is 2. The number of nitrogens with one attached hydrogen (secondary N) is 2. The summed E-state index contributed by atoms with van der Waals surface area (Å²) < 4.78 is 5.38. The number of amides is 2. The van der Waals surface area contributed by atoms with Crippen molar-refractivity contribution in [3.63, 3.8) is 0 Å².